The number of amides is 1. The summed E-state index contributed by atoms with van der Waals surface area (Å²) in [6.45, 7) is 1.58. The van der Waals surface area contributed by atoms with Gasteiger partial charge in [-0.1, -0.05) is 18.2 Å². The Kier molecular flexibility index (Phi) is 5.00. The molecule has 0 bridgehead atoms. The molecule has 2 aromatic heterocycles. The molecule has 0 saturated carbocycles. The van der Waals surface area contributed by atoms with Gasteiger partial charge >= 0.3 is 0 Å². The van der Waals surface area contributed by atoms with Crippen LogP contribution >= 0.6 is 11.3 Å². The fourth-order valence-corrected chi connectivity index (χ4v) is 5.07. The Bertz CT molecular complexity index is 1310. The van der Waals surface area contributed by atoms with Gasteiger partial charge in [-0.2, -0.15) is 5.26 Å². The molecular weight excluding hydrogens is 406 g/mol. The molecule has 0 N–H and O–H groups in total. The molecule has 1 amide bonds. The summed E-state index contributed by atoms with van der Waals surface area (Å²) in [5, 5.41) is 9.64. The summed E-state index contributed by atoms with van der Waals surface area (Å²) in [6.07, 6.45) is 5.06. The second-order valence-electron chi connectivity index (χ2n) is 7.80. The number of hydrogen-bond donors (Lipinski definition) is 0. The molecule has 1 fully saturated rings. The summed E-state index contributed by atoms with van der Waals surface area (Å²) in [5.74, 6) is 0.00441. The van der Waals surface area contributed by atoms with E-state index < -0.39 is 0 Å². The van der Waals surface area contributed by atoms with Crippen LogP contribution in [0.25, 0.3) is 32.7 Å². The molecule has 0 aliphatic carbocycles. The number of aromatic nitrogens is 3. The number of fused-ring (bicyclic) bond motifs is 1. The second-order valence-corrected chi connectivity index (χ2v) is 8.80. The summed E-state index contributed by atoms with van der Waals surface area (Å²) in [6, 6.07) is 15.7. The number of nitriles is 1. The third-order valence-electron chi connectivity index (χ3n) is 5.73. The molecule has 0 spiro atoms. The van der Waals surface area contributed by atoms with Gasteiger partial charge in [0.15, 0.2) is 5.01 Å². The lowest BCUT2D eigenvalue weighted by molar-refractivity contribution is 0.0724. The summed E-state index contributed by atoms with van der Waals surface area (Å²) >= 11 is 1.43. The molecule has 0 unspecified atom stereocenters. The van der Waals surface area contributed by atoms with Crippen molar-refractivity contribution in [3.8, 4) is 27.8 Å². The van der Waals surface area contributed by atoms with Crippen LogP contribution in [-0.4, -0.2) is 38.4 Å². The van der Waals surface area contributed by atoms with Crippen molar-refractivity contribution in [1.82, 2.24) is 19.4 Å². The van der Waals surface area contributed by atoms with Gasteiger partial charge in [0.05, 0.1) is 39.6 Å². The Balaban J connectivity index is 1.62. The normalized spacial score (nSPS) is 14.0. The van der Waals surface area contributed by atoms with E-state index in [1.165, 1.54) is 17.8 Å². The van der Waals surface area contributed by atoms with E-state index in [1.807, 2.05) is 40.8 Å². The quantitative estimate of drug-likeness (QED) is 0.468. The lowest BCUT2D eigenvalue weighted by Gasteiger charge is -2.25. The first-order valence-corrected chi connectivity index (χ1v) is 11.2. The van der Waals surface area contributed by atoms with Crippen molar-refractivity contribution in [2.75, 3.05) is 13.1 Å². The SMILES string of the molecule is Cn1cnc2cc(-c3sc(C(=O)N4CCCCC4)nc3-c3ccc(C#N)cc3)ccc21. The number of likely N-dealkylation sites (tertiary alicyclic amines) is 1. The number of aryl methyl sites for hydroxylation is 1. The standard InChI is InChI=1S/C24H21N5OS/c1-28-15-26-19-13-18(9-10-20(19)28)22-21(17-7-5-16(14-25)6-8-17)27-23(31-22)24(30)29-11-3-2-4-12-29/h5-10,13,15H,2-4,11-12H2,1H3. The minimum Gasteiger partial charge on any atom is -0.337 e. The van der Waals surface area contributed by atoms with E-state index in [0.717, 1.165) is 58.7 Å². The largest absolute Gasteiger partial charge is 0.337 e. The maximum absolute atomic E-state index is 13.2. The van der Waals surface area contributed by atoms with E-state index in [1.54, 1.807) is 18.5 Å². The second kappa shape index (κ2) is 7.97. The van der Waals surface area contributed by atoms with Gasteiger partial charge in [0.1, 0.15) is 0 Å². The Hall–Kier alpha value is -3.50. The van der Waals surface area contributed by atoms with Crippen molar-refractivity contribution in [2.24, 2.45) is 7.05 Å². The maximum atomic E-state index is 13.2. The van der Waals surface area contributed by atoms with Crippen LogP contribution in [0.4, 0.5) is 0 Å². The number of thiazole rings is 1. The molecule has 3 heterocycles. The lowest BCUT2D eigenvalue weighted by Crippen LogP contribution is -2.35. The predicted octanol–water partition coefficient (Wildman–Crippen LogP) is 4.86. The highest BCUT2D eigenvalue weighted by atomic mass is 32.1. The van der Waals surface area contributed by atoms with Crippen LogP contribution in [0.3, 0.4) is 0 Å². The van der Waals surface area contributed by atoms with Gasteiger partial charge in [-0.05, 0) is 49.1 Å². The molecule has 0 atom stereocenters. The number of benzene rings is 2. The highest BCUT2D eigenvalue weighted by Crippen LogP contribution is 2.38. The molecule has 1 aliphatic heterocycles. The molecule has 31 heavy (non-hydrogen) atoms. The van der Waals surface area contributed by atoms with Crippen molar-refractivity contribution in [2.45, 2.75) is 19.3 Å². The monoisotopic (exact) mass is 427 g/mol. The fourth-order valence-electron chi connectivity index (χ4n) is 4.02. The van der Waals surface area contributed by atoms with Crippen LogP contribution in [0.2, 0.25) is 0 Å². The van der Waals surface area contributed by atoms with Gasteiger partial charge < -0.3 is 9.47 Å². The van der Waals surface area contributed by atoms with Crippen LogP contribution in [0.5, 0.6) is 0 Å². The van der Waals surface area contributed by atoms with Crippen molar-refractivity contribution >= 4 is 28.3 Å². The van der Waals surface area contributed by atoms with Gasteiger partial charge in [-0.3, -0.25) is 4.79 Å². The number of carbonyl (C=O) groups excluding carboxylic acids is 1. The topological polar surface area (TPSA) is 74.8 Å². The van der Waals surface area contributed by atoms with E-state index in [4.69, 9.17) is 10.2 Å². The number of carbonyl (C=O) groups is 1. The zero-order chi connectivity index (χ0) is 21.4. The van der Waals surface area contributed by atoms with Crippen molar-refractivity contribution in [3.63, 3.8) is 0 Å². The number of imidazole rings is 1. The van der Waals surface area contributed by atoms with Gasteiger partial charge in [-0.25, -0.2) is 9.97 Å². The van der Waals surface area contributed by atoms with E-state index in [2.05, 4.69) is 17.1 Å². The minimum atomic E-state index is 0.00441. The molecular formula is C24H21N5OS. The molecule has 7 heteroatoms. The number of piperidine rings is 1. The molecule has 0 radical (unpaired) electrons. The Labute approximate surface area is 184 Å². The first-order valence-electron chi connectivity index (χ1n) is 10.4. The summed E-state index contributed by atoms with van der Waals surface area (Å²) in [4.78, 5) is 25.3. The molecule has 1 aliphatic rings. The van der Waals surface area contributed by atoms with Gasteiger partial charge in [0.2, 0.25) is 0 Å². The van der Waals surface area contributed by atoms with Crippen LogP contribution in [0.15, 0.2) is 48.8 Å². The predicted molar refractivity (Wildman–Crippen MR) is 122 cm³/mol. The zero-order valence-corrected chi connectivity index (χ0v) is 18.0. The smallest absolute Gasteiger partial charge is 0.282 e. The van der Waals surface area contributed by atoms with Crippen LogP contribution < -0.4 is 0 Å². The fraction of sp³-hybridized carbons (Fsp3) is 0.250. The van der Waals surface area contributed by atoms with Crippen molar-refractivity contribution in [3.05, 3.63) is 59.4 Å². The Morgan fingerprint density at radius 2 is 1.81 bits per heavy atom. The summed E-state index contributed by atoms with van der Waals surface area (Å²) < 4.78 is 1.98. The van der Waals surface area contributed by atoms with E-state index in [9.17, 15) is 4.79 Å². The highest BCUT2D eigenvalue weighted by molar-refractivity contribution is 7.17. The van der Waals surface area contributed by atoms with Crippen molar-refractivity contribution < 1.29 is 4.79 Å². The van der Waals surface area contributed by atoms with E-state index >= 15 is 0 Å². The molecule has 2 aromatic carbocycles. The maximum Gasteiger partial charge on any atom is 0.282 e. The lowest BCUT2D eigenvalue weighted by atomic mass is 10.0. The molecule has 154 valence electrons. The van der Waals surface area contributed by atoms with Gasteiger partial charge in [-0.15, -0.1) is 11.3 Å². The van der Waals surface area contributed by atoms with Gasteiger partial charge in [0, 0.05) is 25.7 Å². The van der Waals surface area contributed by atoms with Crippen LogP contribution in [-0.2, 0) is 7.05 Å². The first-order chi connectivity index (χ1) is 15.1. The van der Waals surface area contributed by atoms with E-state index in [-0.39, 0.29) is 5.91 Å². The average molecular weight is 428 g/mol. The average Bonchev–Trinajstić information content (AvgIpc) is 3.43. The third-order valence-corrected chi connectivity index (χ3v) is 6.82. The Morgan fingerprint density at radius 1 is 1.06 bits per heavy atom. The number of nitrogens with zero attached hydrogens (tertiary/aromatic N) is 5. The Morgan fingerprint density at radius 3 is 2.55 bits per heavy atom. The number of rotatable bonds is 3. The highest BCUT2D eigenvalue weighted by Gasteiger charge is 2.24. The van der Waals surface area contributed by atoms with E-state index in [0.29, 0.717) is 10.6 Å². The van der Waals surface area contributed by atoms with Crippen molar-refractivity contribution in [1.29, 1.82) is 5.26 Å². The number of hydrogen-bond acceptors (Lipinski definition) is 5. The molecule has 6 nitrogen and oxygen atoms in total. The molecule has 5 rings (SSSR count). The zero-order valence-electron chi connectivity index (χ0n) is 17.2. The van der Waals surface area contributed by atoms with Crippen LogP contribution in [0, 0.1) is 11.3 Å². The molecule has 1 saturated heterocycles. The van der Waals surface area contributed by atoms with Gasteiger partial charge in [0.25, 0.3) is 5.91 Å². The summed E-state index contributed by atoms with van der Waals surface area (Å²) in [7, 11) is 1.97. The first kappa shape index (κ1) is 19.5. The molecule has 4 aromatic rings. The minimum absolute atomic E-state index is 0.00441. The third kappa shape index (κ3) is 3.60. The van der Waals surface area contributed by atoms with Crippen LogP contribution in [0.1, 0.15) is 34.6 Å². The summed E-state index contributed by atoms with van der Waals surface area (Å²) in [5.41, 5.74) is 5.20.